The maximum absolute atomic E-state index is 13.1. The van der Waals surface area contributed by atoms with Crippen LogP contribution in [-0.2, 0) is 10.8 Å². The van der Waals surface area contributed by atoms with E-state index in [0.29, 0.717) is 0 Å². The summed E-state index contributed by atoms with van der Waals surface area (Å²) in [5.74, 6) is -1.26. The van der Waals surface area contributed by atoms with Gasteiger partial charge in [0.05, 0.1) is 15.7 Å². The standard InChI is InChI=1S/C9H11F2NOS/c1-6(5-12)14(13)9-4-7(10)2-3-8(9)11/h2-4,6H,5,12H2,1H3. The maximum atomic E-state index is 13.1. The van der Waals surface area contributed by atoms with E-state index in [2.05, 4.69) is 0 Å². The van der Waals surface area contributed by atoms with Crippen LogP contribution in [-0.4, -0.2) is 16.0 Å². The Labute approximate surface area is 83.6 Å². The first-order valence-electron chi connectivity index (χ1n) is 4.12. The Balaban J connectivity index is 3.06. The van der Waals surface area contributed by atoms with Crippen molar-refractivity contribution in [2.24, 2.45) is 5.73 Å². The van der Waals surface area contributed by atoms with Gasteiger partial charge in [-0.1, -0.05) is 0 Å². The third-order valence-corrected chi connectivity index (χ3v) is 3.48. The summed E-state index contributed by atoms with van der Waals surface area (Å²) < 4.78 is 37.4. The highest BCUT2D eigenvalue weighted by molar-refractivity contribution is 7.85. The summed E-state index contributed by atoms with van der Waals surface area (Å²) in [6.07, 6.45) is 0. The molecule has 1 aromatic rings. The van der Waals surface area contributed by atoms with Crippen LogP contribution < -0.4 is 5.73 Å². The Kier molecular flexibility index (Phi) is 3.71. The number of nitrogens with two attached hydrogens (primary N) is 1. The lowest BCUT2D eigenvalue weighted by atomic mass is 10.3. The lowest BCUT2D eigenvalue weighted by molar-refractivity contribution is 0.570. The van der Waals surface area contributed by atoms with Gasteiger partial charge in [0.2, 0.25) is 0 Å². The van der Waals surface area contributed by atoms with Crippen molar-refractivity contribution in [3.05, 3.63) is 29.8 Å². The Morgan fingerprint density at radius 3 is 2.71 bits per heavy atom. The van der Waals surface area contributed by atoms with Gasteiger partial charge in [0.1, 0.15) is 11.6 Å². The van der Waals surface area contributed by atoms with E-state index in [1.165, 1.54) is 0 Å². The van der Waals surface area contributed by atoms with Gasteiger partial charge < -0.3 is 5.73 Å². The van der Waals surface area contributed by atoms with E-state index < -0.39 is 22.4 Å². The van der Waals surface area contributed by atoms with Gasteiger partial charge in [0, 0.05) is 11.8 Å². The largest absolute Gasteiger partial charge is 0.329 e. The fraction of sp³-hybridized carbons (Fsp3) is 0.333. The summed E-state index contributed by atoms with van der Waals surface area (Å²) in [5, 5.41) is -0.383. The first-order chi connectivity index (χ1) is 6.56. The van der Waals surface area contributed by atoms with Crippen LogP contribution in [0, 0.1) is 11.6 Å². The molecule has 2 atom stereocenters. The second-order valence-electron chi connectivity index (χ2n) is 2.92. The number of benzene rings is 1. The minimum atomic E-state index is -1.59. The molecular weight excluding hydrogens is 208 g/mol. The van der Waals surface area contributed by atoms with Crippen LogP contribution in [0.4, 0.5) is 8.78 Å². The lowest BCUT2D eigenvalue weighted by Gasteiger charge is -2.09. The number of hydrogen-bond acceptors (Lipinski definition) is 2. The molecule has 0 bridgehead atoms. The van der Waals surface area contributed by atoms with Gasteiger partial charge in [0.25, 0.3) is 0 Å². The van der Waals surface area contributed by atoms with Crippen LogP contribution in [0.3, 0.4) is 0 Å². The third-order valence-electron chi connectivity index (χ3n) is 1.81. The highest BCUT2D eigenvalue weighted by atomic mass is 32.2. The van der Waals surface area contributed by atoms with Crippen LogP contribution in [0.2, 0.25) is 0 Å². The molecule has 0 saturated heterocycles. The summed E-state index contributed by atoms with van der Waals surface area (Å²) in [6, 6.07) is 2.90. The average molecular weight is 219 g/mol. The molecule has 2 nitrogen and oxygen atoms in total. The molecule has 0 aliphatic rings. The summed E-state index contributed by atoms with van der Waals surface area (Å²) >= 11 is 0. The molecule has 0 amide bonds. The monoisotopic (exact) mass is 219 g/mol. The smallest absolute Gasteiger partial charge is 0.139 e. The fourth-order valence-corrected chi connectivity index (χ4v) is 2.03. The molecule has 0 aromatic heterocycles. The Morgan fingerprint density at radius 1 is 1.50 bits per heavy atom. The zero-order valence-electron chi connectivity index (χ0n) is 7.67. The molecule has 0 spiro atoms. The zero-order chi connectivity index (χ0) is 10.7. The highest BCUT2D eigenvalue weighted by Crippen LogP contribution is 2.16. The van der Waals surface area contributed by atoms with Crippen molar-refractivity contribution in [2.75, 3.05) is 6.54 Å². The minimum Gasteiger partial charge on any atom is -0.329 e. The molecule has 1 rings (SSSR count). The Bertz CT molecular complexity index is 357. The SMILES string of the molecule is CC(CN)S(=O)c1cc(F)ccc1F. The van der Waals surface area contributed by atoms with E-state index in [9.17, 15) is 13.0 Å². The molecule has 2 N–H and O–H groups in total. The van der Waals surface area contributed by atoms with Crippen LogP contribution >= 0.6 is 0 Å². The van der Waals surface area contributed by atoms with Crippen LogP contribution in [0.15, 0.2) is 23.1 Å². The van der Waals surface area contributed by atoms with Crippen molar-refractivity contribution in [3.63, 3.8) is 0 Å². The van der Waals surface area contributed by atoms with Gasteiger partial charge in [-0.3, -0.25) is 4.21 Å². The minimum absolute atomic E-state index is 0.122. The molecule has 0 heterocycles. The summed E-state index contributed by atoms with van der Waals surface area (Å²) in [7, 11) is -1.59. The van der Waals surface area contributed by atoms with Gasteiger partial charge in [-0.15, -0.1) is 0 Å². The van der Waals surface area contributed by atoms with Gasteiger partial charge in [-0.2, -0.15) is 0 Å². The summed E-state index contributed by atoms with van der Waals surface area (Å²) in [4.78, 5) is -0.122. The molecule has 5 heteroatoms. The lowest BCUT2D eigenvalue weighted by Crippen LogP contribution is -2.22. The van der Waals surface area contributed by atoms with Gasteiger partial charge >= 0.3 is 0 Å². The predicted octanol–water partition coefficient (Wildman–Crippen LogP) is 1.42. The normalized spacial score (nSPS) is 15.1. The molecule has 2 unspecified atom stereocenters. The summed E-state index contributed by atoms with van der Waals surface area (Å²) in [5.41, 5.74) is 5.29. The number of rotatable bonds is 3. The second kappa shape index (κ2) is 4.61. The molecule has 0 aliphatic carbocycles. The zero-order valence-corrected chi connectivity index (χ0v) is 8.48. The van der Waals surface area contributed by atoms with Gasteiger partial charge in [-0.25, -0.2) is 8.78 Å². The molecule has 0 fully saturated rings. The Morgan fingerprint density at radius 2 is 2.14 bits per heavy atom. The Hall–Kier alpha value is -0.810. The van der Waals surface area contributed by atoms with Crippen LogP contribution in [0.25, 0.3) is 0 Å². The quantitative estimate of drug-likeness (QED) is 0.835. The van der Waals surface area contributed by atoms with Crippen molar-refractivity contribution in [1.29, 1.82) is 0 Å². The van der Waals surface area contributed by atoms with E-state index in [1.54, 1.807) is 6.92 Å². The first kappa shape index (κ1) is 11.3. The van der Waals surface area contributed by atoms with Crippen molar-refractivity contribution in [2.45, 2.75) is 17.1 Å². The fourth-order valence-electron chi connectivity index (χ4n) is 0.936. The molecule has 0 saturated carbocycles. The average Bonchev–Trinajstić information content (AvgIpc) is 2.19. The van der Waals surface area contributed by atoms with E-state index >= 15 is 0 Å². The van der Waals surface area contributed by atoms with E-state index in [-0.39, 0.29) is 16.7 Å². The molecule has 1 aromatic carbocycles. The predicted molar refractivity (Wildman–Crippen MR) is 51.3 cm³/mol. The summed E-state index contributed by atoms with van der Waals surface area (Å²) in [6.45, 7) is 1.79. The molecule has 0 aliphatic heterocycles. The maximum Gasteiger partial charge on any atom is 0.139 e. The van der Waals surface area contributed by atoms with E-state index in [1.807, 2.05) is 0 Å². The van der Waals surface area contributed by atoms with Crippen molar-refractivity contribution in [1.82, 2.24) is 0 Å². The van der Waals surface area contributed by atoms with Gasteiger partial charge in [0.15, 0.2) is 0 Å². The van der Waals surface area contributed by atoms with Crippen LogP contribution in [0.1, 0.15) is 6.92 Å². The molecule has 14 heavy (non-hydrogen) atoms. The molecule has 78 valence electrons. The van der Waals surface area contributed by atoms with Gasteiger partial charge in [-0.05, 0) is 25.1 Å². The first-order valence-corrected chi connectivity index (χ1v) is 5.33. The van der Waals surface area contributed by atoms with E-state index in [0.717, 1.165) is 18.2 Å². The molecular formula is C9H11F2NOS. The highest BCUT2D eigenvalue weighted by Gasteiger charge is 2.16. The molecule has 0 radical (unpaired) electrons. The van der Waals surface area contributed by atoms with E-state index in [4.69, 9.17) is 5.73 Å². The van der Waals surface area contributed by atoms with Crippen molar-refractivity contribution in [3.8, 4) is 0 Å². The second-order valence-corrected chi connectivity index (χ2v) is 4.76. The van der Waals surface area contributed by atoms with Crippen molar-refractivity contribution >= 4 is 10.8 Å². The number of halogens is 2. The van der Waals surface area contributed by atoms with Crippen LogP contribution in [0.5, 0.6) is 0 Å². The third kappa shape index (κ3) is 2.36. The van der Waals surface area contributed by atoms with Crippen molar-refractivity contribution < 1.29 is 13.0 Å². The number of hydrogen-bond donors (Lipinski definition) is 1. The topological polar surface area (TPSA) is 43.1 Å².